The number of likely N-dealkylation sites (tertiary alicyclic amines) is 1. The van der Waals surface area contributed by atoms with Gasteiger partial charge >= 0.3 is 6.09 Å². The van der Waals surface area contributed by atoms with Crippen LogP contribution >= 0.6 is 24.0 Å². The fraction of sp³-hybridized carbons (Fsp3) is 0.737. The number of carbonyl (C=O) groups is 1. The van der Waals surface area contributed by atoms with Gasteiger partial charge in [0.2, 0.25) is 0 Å². The van der Waals surface area contributed by atoms with Gasteiger partial charge in [-0.1, -0.05) is 0 Å². The lowest BCUT2D eigenvalue weighted by Gasteiger charge is -2.33. The van der Waals surface area contributed by atoms with Crippen LogP contribution in [0.15, 0.2) is 23.5 Å². The summed E-state index contributed by atoms with van der Waals surface area (Å²) in [6.45, 7) is 9.78. The Kier molecular flexibility index (Phi) is 10.6. The predicted octanol–water partition coefficient (Wildman–Crippen LogP) is 2.70. The summed E-state index contributed by atoms with van der Waals surface area (Å²) in [4.78, 5) is 18.2. The summed E-state index contributed by atoms with van der Waals surface area (Å²) in [5, 5.41) is 10.9. The average Bonchev–Trinajstić information content (AvgIpc) is 3.13. The highest BCUT2D eigenvalue weighted by molar-refractivity contribution is 14.0. The van der Waals surface area contributed by atoms with Gasteiger partial charge in [0.15, 0.2) is 5.96 Å². The number of rotatable bonds is 6. The van der Waals surface area contributed by atoms with E-state index in [1.165, 1.54) is 0 Å². The Hall–Kier alpha value is -1.52. The van der Waals surface area contributed by atoms with Crippen LogP contribution in [0.2, 0.25) is 0 Å². The largest absolute Gasteiger partial charge is 0.444 e. The molecular formula is C19H35IN6O2. The van der Waals surface area contributed by atoms with E-state index < -0.39 is 5.60 Å². The molecule has 2 heterocycles. The highest BCUT2D eigenvalue weighted by Gasteiger charge is 2.26. The first-order valence-electron chi connectivity index (χ1n) is 9.77. The molecule has 1 saturated heterocycles. The molecule has 8 nitrogen and oxygen atoms in total. The van der Waals surface area contributed by atoms with E-state index in [2.05, 4.69) is 20.7 Å². The molecular weight excluding hydrogens is 471 g/mol. The van der Waals surface area contributed by atoms with Crippen LogP contribution in [-0.2, 0) is 11.3 Å². The molecule has 1 aromatic heterocycles. The lowest BCUT2D eigenvalue weighted by atomic mass is 9.97. The number of nitrogens with zero attached hydrogens (tertiary/aromatic N) is 4. The second-order valence-electron chi connectivity index (χ2n) is 7.91. The zero-order valence-corrected chi connectivity index (χ0v) is 19.8. The Balaban J connectivity index is 0.00000392. The van der Waals surface area contributed by atoms with Crippen LogP contribution in [0.4, 0.5) is 4.79 Å². The Morgan fingerprint density at radius 1 is 1.29 bits per heavy atom. The first-order chi connectivity index (χ1) is 12.9. The summed E-state index contributed by atoms with van der Waals surface area (Å²) < 4.78 is 7.37. The van der Waals surface area contributed by atoms with Gasteiger partial charge in [-0.25, -0.2) is 4.79 Å². The van der Waals surface area contributed by atoms with Gasteiger partial charge in [-0.3, -0.25) is 9.67 Å². The number of guanidine groups is 1. The highest BCUT2D eigenvalue weighted by atomic mass is 127. The van der Waals surface area contributed by atoms with Crippen LogP contribution < -0.4 is 10.6 Å². The maximum absolute atomic E-state index is 12.1. The molecule has 0 aromatic carbocycles. The van der Waals surface area contributed by atoms with Crippen molar-refractivity contribution in [1.29, 1.82) is 0 Å². The molecule has 1 aromatic rings. The lowest BCUT2D eigenvalue weighted by molar-refractivity contribution is 0.0185. The van der Waals surface area contributed by atoms with Crippen LogP contribution in [0, 0.1) is 5.92 Å². The number of nitrogens with one attached hydrogen (secondary N) is 2. The second kappa shape index (κ2) is 12.1. The van der Waals surface area contributed by atoms with E-state index in [0.29, 0.717) is 5.92 Å². The number of amides is 1. The molecule has 1 aliphatic heterocycles. The number of piperidine rings is 1. The van der Waals surface area contributed by atoms with E-state index in [1.807, 2.05) is 42.6 Å². The molecule has 2 rings (SSSR count). The summed E-state index contributed by atoms with van der Waals surface area (Å²) >= 11 is 0. The van der Waals surface area contributed by atoms with Crippen molar-refractivity contribution in [3.8, 4) is 0 Å². The maximum atomic E-state index is 12.1. The van der Waals surface area contributed by atoms with Crippen molar-refractivity contribution in [2.24, 2.45) is 10.9 Å². The molecule has 0 spiro atoms. The summed E-state index contributed by atoms with van der Waals surface area (Å²) in [6, 6.07) is 1.93. The monoisotopic (exact) mass is 506 g/mol. The van der Waals surface area contributed by atoms with Gasteiger partial charge in [0.05, 0.1) is 0 Å². The summed E-state index contributed by atoms with van der Waals surface area (Å²) in [5.74, 6) is 1.36. The second-order valence-corrected chi connectivity index (χ2v) is 7.91. The fourth-order valence-corrected chi connectivity index (χ4v) is 2.99. The molecule has 1 fully saturated rings. The van der Waals surface area contributed by atoms with Crippen LogP contribution in [0.3, 0.4) is 0 Å². The van der Waals surface area contributed by atoms with Gasteiger partial charge in [0.1, 0.15) is 5.60 Å². The minimum Gasteiger partial charge on any atom is -0.444 e. The molecule has 1 amide bonds. The Morgan fingerprint density at radius 2 is 2.00 bits per heavy atom. The molecule has 0 bridgehead atoms. The molecule has 0 unspecified atom stereocenters. The first kappa shape index (κ1) is 24.5. The molecule has 0 aliphatic carbocycles. The van der Waals surface area contributed by atoms with Gasteiger partial charge in [-0.05, 0) is 52.0 Å². The number of aliphatic imine (C=N–C) groups is 1. The van der Waals surface area contributed by atoms with Crippen LogP contribution in [0.25, 0.3) is 0 Å². The summed E-state index contributed by atoms with van der Waals surface area (Å²) in [5.41, 5.74) is -0.439. The number of carbonyl (C=O) groups excluding carboxylic acids is 1. The molecule has 1 aliphatic rings. The number of hydrogen-bond acceptors (Lipinski definition) is 4. The molecule has 28 heavy (non-hydrogen) atoms. The average molecular weight is 506 g/mol. The van der Waals surface area contributed by atoms with Crippen molar-refractivity contribution in [2.45, 2.75) is 52.2 Å². The maximum Gasteiger partial charge on any atom is 0.410 e. The van der Waals surface area contributed by atoms with E-state index in [4.69, 9.17) is 4.74 Å². The third-order valence-corrected chi connectivity index (χ3v) is 4.46. The summed E-state index contributed by atoms with van der Waals surface area (Å²) in [7, 11) is 1.79. The van der Waals surface area contributed by atoms with Gasteiger partial charge in [-0.2, -0.15) is 5.10 Å². The smallest absolute Gasteiger partial charge is 0.410 e. The Bertz CT molecular complexity index is 592. The first-order valence-corrected chi connectivity index (χ1v) is 9.77. The third kappa shape index (κ3) is 9.11. The number of aryl methyl sites for hydroxylation is 1. The minimum atomic E-state index is -0.439. The zero-order chi connectivity index (χ0) is 19.7. The molecule has 160 valence electrons. The molecule has 9 heteroatoms. The molecule has 2 N–H and O–H groups in total. The Labute approximate surface area is 185 Å². The highest BCUT2D eigenvalue weighted by Crippen LogP contribution is 2.19. The molecule has 0 atom stereocenters. The van der Waals surface area contributed by atoms with E-state index in [1.54, 1.807) is 13.2 Å². The third-order valence-electron chi connectivity index (χ3n) is 4.46. The predicted molar refractivity (Wildman–Crippen MR) is 122 cm³/mol. The van der Waals surface area contributed by atoms with Gasteiger partial charge < -0.3 is 20.3 Å². The van der Waals surface area contributed by atoms with E-state index in [-0.39, 0.29) is 30.1 Å². The normalized spacial score (nSPS) is 15.7. The van der Waals surface area contributed by atoms with Crippen LogP contribution in [0.5, 0.6) is 0 Å². The van der Waals surface area contributed by atoms with E-state index in [0.717, 1.165) is 57.9 Å². The lowest BCUT2D eigenvalue weighted by Crippen LogP contribution is -2.45. The number of aromatic nitrogens is 2. The fourth-order valence-electron chi connectivity index (χ4n) is 2.99. The van der Waals surface area contributed by atoms with Gasteiger partial charge in [0.25, 0.3) is 0 Å². The number of halogens is 1. The van der Waals surface area contributed by atoms with Gasteiger partial charge in [-0.15, -0.1) is 24.0 Å². The molecule has 0 saturated carbocycles. The number of hydrogen-bond donors (Lipinski definition) is 2. The van der Waals surface area contributed by atoms with E-state index in [9.17, 15) is 4.79 Å². The quantitative estimate of drug-likeness (QED) is 0.268. The molecule has 0 radical (unpaired) electrons. The van der Waals surface area contributed by atoms with Crippen LogP contribution in [0.1, 0.15) is 40.0 Å². The zero-order valence-electron chi connectivity index (χ0n) is 17.5. The van der Waals surface area contributed by atoms with Crippen molar-refractivity contribution >= 4 is 36.0 Å². The SMILES string of the molecule is CN=C(NCCCn1cccn1)NCC1CCN(C(=O)OC(C)(C)C)CC1.I. The van der Waals surface area contributed by atoms with Crippen molar-refractivity contribution < 1.29 is 9.53 Å². The van der Waals surface area contributed by atoms with E-state index >= 15 is 0 Å². The number of ether oxygens (including phenoxy) is 1. The van der Waals surface area contributed by atoms with Gasteiger partial charge in [0, 0.05) is 52.2 Å². The summed E-state index contributed by atoms with van der Waals surface area (Å²) in [6.07, 6.45) is 6.49. The topological polar surface area (TPSA) is 83.8 Å². The van der Waals surface area contributed by atoms with Crippen molar-refractivity contribution in [3.05, 3.63) is 18.5 Å². The standard InChI is InChI=1S/C19H34N6O2.HI/c1-19(2,3)27-18(26)24-13-7-16(8-14-24)15-22-17(20-4)21-9-5-11-25-12-6-10-23-25;/h6,10,12,16H,5,7-9,11,13-15H2,1-4H3,(H2,20,21,22);1H. The van der Waals surface area contributed by atoms with Crippen molar-refractivity contribution in [1.82, 2.24) is 25.3 Å². The van der Waals surface area contributed by atoms with Crippen molar-refractivity contribution in [3.63, 3.8) is 0 Å². The van der Waals surface area contributed by atoms with Crippen LogP contribution in [-0.4, -0.2) is 65.6 Å². The minimum absolute atomic E-state index is 0. The Morgan fingerprint density at radius 3 is 2.57 bits per heavy atom. The van der Waals surface area contributed by atoms with Crippen molar-refractivity contribution in [2.75, 3.05) is 33.2 Å².